The normalized spacial score (nSPS) is 17.5. The van der Waals surface area contributed by atoms with Gasteiger partial charge in [0.1, 0.15) is 5.41 Å². The van der Waals surface area contributed by atoms with Crippen LogP contribution in [0.15, 0.2) is 0 Å². The van der Waals surface area contributed by atoms with E-state index in [1.54, 1.807) is 27.9 Å². The summed E-state index contributed by atoms with van der Waals surface area (Å²) < 4.78 is 0. The summed E-state index contributed by atoms with van der Waals surface area (Å²) in [6, 6.07) is -1.05. The number of carbonyl (C=O) groups excluding carboxylic acids is 4. The number of imide groups is 2. The maximum Gasteiger partial charge on any atom is 0.330 e. The van der Waals surface area contributed by atoms with Crippen molar-refractivity contribution in [2.75, 3.05) is 27.2 Å². The predicted molar refractivity (Wildman–Crippen MR) is 75.4 cm³/mol. The number of barbiturate groups is 1. The number of nitrogens with one attached hydrogen (secondary N) is 2. The van der Waals surface area contributed by atoms with Crippen LogP contribution in [0.5, 0.6) is 0 Å². The Labute approximate surface area is 123 Å². The number of rotatable bonds is 5. The van der Waals surface area contributed by atoms with E-state index in [4.69, 9.17) is 0 Å². The van der Waals surface area contributed by atoms with Gasteiger partial charge in [0.05, 0.1) is 0 Å². The molecule has 1 aliphatic rings. The second-order valence-electron chi connectivity index (χ2n) is 5.13. The summed E-state index contributed by atoms with van der Waals surface area (Å²) in [5.74, 6) is -1.04. The maximum absolute atomic E-state index is 12.5. The zero-order valence-electron chi connectivity index (χ0n) is 12.9. The molecule has 0 aromatic heterocycles. The van der Waals surface area contributed by atoms with E-state index >= 15 is 0 Å². The van der Waals surface area contributed by atoms with Crippen LogP contribution in [0.4, 0.5) is 9.59 Å². The second kappa shape index (κ2) is 6.55. The molecular formula is C13H22N4O4. The van der Waals surface area contributed by atoms with Crippen molar-refractivity contribution in [3.63, 3.8) is 0 Å². The second-order valence-corrected chi connectivity index (χ2v) is 5.13. The molecule has 0 spiro atoms. The van der Waals surface area contributed by atoms with Crippen molar-refractivity contribution in [3.8, 4) is 0 Å². The number of nitrogens with zero attached hydrogens (tertiary/aromatic N) is 2. The molecule has 118 valence electrons. The highest BCUT2D eigenvalue weighted by Gasteiger charge is 2.51. The van der Waals surface area contributed by atoms with Gasteiger partial charge in [-0.05, 0) is 12.8 Å². The van der Waals surface area contributed by atoms with Gasteiger partial charge >= 0.3 is 12.1 Å². The van der Waals surface area contributed by atoms with E-state index in [1.807, 2.05) is 0 Å². The first-order chi connectivity index (χ1) is 9.80. The molecule has 0 radical (unpaired) electrons. The summed E-state index contributed by atoms with van der Waals surface area (Å²) in [4.78, 5) is 50.0. The molecule has 8 heteroatoms. The topological polar surface area (TPSA) is 98.8 Å². The largest absolute Gasteiger partial charge is 0.336 e. The Kier molecular flexibility index (Phi) is 5.28. The fraction of sp³-hybridized carbons (Fsp3) is 0.692. The summed E-state index contributed by atoms with van der Waals surface area (Å²) in [5.41, 5.74) is -1.19. The summed E-state index contributed by atoms with van der Waals surface area (Å²) in [7, 11) is 3.18. The number of carbonyl (C=O) groups is 4. The fourth-order valence-electron chi connectivity index (χ4n) is 2.24. The molecule has 21 heavy (non-hydrogen) atoms. The minimum absolute atomic E-state index is 0.0271. The summed E-state index contributed by atoms with van der Waals surface area (Å²) in [6.45, 7) is 3.64. The highest BCUT2D eigenvalue weighted by atomic mass is 16.2. The first-order valence-corrected chi connectivity index (χ1v) is 6.92. The van der Waals surface area contributed by atoms with Crippen LogP contribution in [0.1, 0.15) is 26.7 Å². The Hall–Kier alpha value is -2.12. The van der Waals surface area contributed by atoms with Gasteiger partial charge in [0.15, 0.2) is 0 Å². The van der Waals surface area contributed by atoms with E-state index in [-0.39, 0.29) is 19.1 Å². The third-order valence-electron chi connectivity index (χ3n) is 3.78. The number of amides is 6. The Morgan fingerprint density at radius 1 is 1.24 bits per heavy atom. The van der Waals surface area contributed by atoms with Crippen LogP contribution in [-0.2, 0) is 9.59 Å². The van der Waals surface area contributed by atoms with Crippen LogP contribution in [0, 0.1) is 5.41 Å². The zero-order valence-corrected chi connectivity index (χ0v) is 12.9. The van der Waals surface area contributed by atoms with E-state index in [0.717, 1.165) is 4.90 Å². The third-order valence-corrected chi connectivity index (χ3v) is 3.78. The van der Waals surface area contributed by atoms with Crippen LogP contribution in [-0.4, -0.2) is 60.9 Å². The Morgan fingerprint density at radius 2 is 1.81 bits per heavy atom. The lowest BCUT2D eigenvalue weighted by Gasteiger charge is -2.38. The van der Waals surface area contributed by atoms with Crippen molar-refractivity contribution in [2.24, 2.45) is 5.41 Å². The quantitative estimate of drug-likeness (QED) is 0.705. The molecule has 0 atom stereocenters. The first-order valence-electron chi connectivity index (χ1n) is 6.92. The molecule has 2 N–H and O–H groups in total. The van der Waals surface area contributed by atoms with Crippen molar-refractivity contribution in [2.45, 2.75) is 26.7 Å². The Balaban J connectivity index is 2.77. The molecule has 1 aliphatic heterocycles. The molecule has 0 aromatic rings. The standard InChI is InChI=1S/C13H22N4O4/c1-5-13(6-2)9(18)15-12(21)17(10(13)19)8-7-14-11(20)16(3)4/h5-8H2,1-4H3,(H,14,20)(H,15,18,21). The molecule has 0 saturated carbocycles. The third kappa shape index (κ3) is 3.14. The molecule has 0 bridgehead atoms. The van der Waals surface area contributed by atoms with Gasteiger partial charge in [-0.3, -0.25) is 19.8 Å². The molecule has 0 aliphatic carbocycles. The molecule has 1 saturated heterocycles. The minimum Gasteiger partial charge on any atom is -0.336 e. The van der Waals surface area contributed by atoms with Crippen LogP contribution in [0.3, 0.4) is 0 Å². The number of urea groups is 2. The lowest BCUT2D eigenvalue weighted by Crippen LogP contribution is -2.64. The highest BCUT2D eigenvalue weighted by Crippen LogP contribution is 2.32. The average molecular weight is 298 g/mol. The summed E-state index contributed by atoms with van der Waals surface area (Å²) >= 11 is 0. The van der Waals surface area contributed by atoms with Crippen LogP contribution >= 0.6 is 0 Å². The van der Waals surface area contributed by atoms with E-state index in [0.29, 0.717) is 12.8 Å². The van der Waals surface area contributed by atoms with Gasteiger partial charge in [-0.1, -0.05) is 13.8 Å². The molecular weight excluding hydrogens is 276 g/mol. The lowest BCUT2D eigenvalue weighted by molar-refractivity contribution is -0.152. The van der Waals surface area contributed by atoms with Gasteiger partial charge in [-0.25, -0.2) is 9.59 Å². The van der Waals surface area contributed by atoms with Gasteiger partial charge in [-0.15, -0.1) is 0 Å². The minimum atomic E-state index is -1.19. The average Bonchev–Trinajstić information content (AvgIpc) is 2.43. The number of hydrogen-bond donors (Lipinski definition) is 2. The molecule has 1 heterocycles. The van der Waals surface area contributed by atoms with Crippen molar-refractivity contribution in [3.05, 3.63) is 0 Å². The number of hydrogen-bond acceptors (Lipinski definition) is 4. The SMILES string of the molecule is CCC1(CC)C(=O)NC(=O)N(CCNC(=O)N(C)C)C1=O. The molecule has 8 nitrogen and oxygen atoms in total. The van der Waals surface area contributed by atoms with Gasteiger partial charge < -0.3 is 10.2 Å². The zero-order chi connectivity index (χ0) is 16.2. The van der Waals surface area contributed by atoms with E-state index < -0.39 is 23.3 Å². The molecule has 0 aromatic carbocycles. The summed E-state index contributed by atoms with van der Waals surface area (Å²) in [5, 5.41) is 4.79. The van der Waals surface area contributed by atoms with Crippen molar-refractivity contribution in [1.29, 1.82) is 0 Å². The Bertz CT molecular complexity index is 457. The predicted octanol–water partition coefficient (Wildman–Crippen LogP) is 0.142. The van der Waals surface area contributed by atoms with E-state index in [9.17, 15) is 19.2 Å². The molecule has 1 fully saturated rings. The van der Waals surface area contributed by atoms with Crippen LogP contribution in [0.25, 0.3) is 0 Å². The first kappa shape index (κ1) is 16.9. The maximum atomic E-state index is 12.5. The van der Waals surface area contributed by atoms with Gasteiger partial charge in [-0.2, -0.15) is 0 Å². The van der Waals surface area contributed by atoms with Gasteiger partial charge in [0, 0.05) is 27.2 Å². The lowest BCUT2D eigenvalue weighted by atomic mass is 9.78. The van der Waals surface area contributed by atoms with Crippen molar-refractivity contribution < 1.29 is 19.2 Å². The van der Waals surface area contributed by atoms with Crippen molar-refractivity contribution in [1.82, 2.24) is 20.4 Å². The van der Waals surface area contributed by atoms with Crippen LogP contribution in [0.2, 0.25) is 0 Å². The smallest absolute Gasteiger partial charge is 0.330 e. The van der Waals surface area contributed by atoms with Gasteiger partial charge in [0.25, 0.3) is 0 Å². The highest BCUT2D eigenvalue weighted by molar-refractivity contribution is 6.19. The summed E-state index contributed by atoms with van der Waals surface area (Å²) in [6.07, 6.45) is 0.643. The fourth-order valence-corrected chi connectivity index (χ4v) is 2.24. The van der Waals surface area contributed by atoms with E-state index in [2.05, 4.69) is 10.6 Å². The van der Waals surface area contributed by atoms with Crippen LogP contribution < -0.4 is 10.6 Å². The molecule has 6 amide bonds. The van der Waals surface area contributed by atoms with Gasteiger partial charge in [0.2, 0.25) is 11.8 Å². The monoisotopic (exact) mass is 298 g/mol. The molecule has 1 rings (SSSR count). The Morgan fingerprint density at radius 3 is 2.29 bits per heavy atom. The molecule has 0 unspecified atom stereocenters. The van der Waals surface area contributed by atoms with Crippen molar-refractivity contribution >= 4 is 23.9 Å². The van der Waals surface area contributed by atoms with E-state index in [1.165, 1.54) is 4.90 Å².